The van der Waals surface area contributed by atoms with Gasteiger partial charge in [0.2, 0.25) is 0 Å². The number of nitro groups is 1. The molecule has 2 aromatic rings. The van der Waals surface area contributed by atoms with Crippen LogP contribution in [0.25, 0.3) is 0 Å². The van der Waals surface area contributed by atoms with Crippen molar-refractivity contribution in [3.63, 3.8) is 0 Å². The lowest BCUT2D eigenvalue weighted by Gasteiger charge is -2.15. The van der Waals surface area contributed by atoms with Gasteiger partial charge in [-0.15, -0.1) is 23.7 Å². The van der Waals surface area contributed by atoms with Crippen molar-refractivity contribution in [1.82, 2.24) is 4.98 Å². The van der Waals surface area contributed by atoms with Crippen molar-refractivity contribution in [2.45, 2.75) is 25.3 Å². The number of nitro benzene ring substituents is 1. The van der Waals surface area contributed by atoms with Crippen LogP contribution in [0.3, 0.4) is 0 Å². The molecule has 1 aromatic carbocycles. The minimum absolute atomic E-state index is 0. The van der Waals surface area contributed by atoms with Gasteiger partial charge < -0.3 is 10.5 Å². The number of benzene rings is 1. The summed E-state index contributed by atoms with van der Waals surface area (Å²) in [5, 5.41) is 14.2. The average Bonchev–Trinajstić information content (AvgIpc) is 2.95. The number of halogens is 1. The van der Waals surface area contributed by atoms with Crippen LogP contribution < -0.4 is 15.8 Å². The molecule has 3 N–H and O–H groups in total. The molecule has 8 nitrogen and oxygen atoms in total. The second-order valence-corrected chi connectivity index (χ2v) is 6.57. The van der Waals surface area contributed by atoms with Gasteiger partial charge in [-0.3, -0.25) is 20.2 Å². The normalized spacial score (nSPS) is 15.7. The molecule has 0 spiro atoms. The molecule has 0 aliphatic heterocycles. The summed E-state index contributed by atoms with van der Waals surface area (Å²) in [6.07, 6.45) is 2.45. The average molecular weight is 385 g/mol. The van der Waals surface area contributed by atoms with E-state index in [2.05, 4.69) is 10.3 Å². The first-order valence-corrected chi connectivity index (χ1v) is 8.17. The zero-order valence-corrected chi connectivity index (χ0v) is 15.0. The fourth-order valence-electron chi connectivity index (χ4n) is 2.60. The maximum absolute atomic E-state index is 12.3. The van der Waals surface area contributed by atoms with Gasteiger partial charge in [0.15, 0.2) is 10.9 Å². The number of fused-ring (bicyclic) bond motifs is 1. The van der Waals surface area contributed by atoms with E-state index < -0.39 is 10.8 Å². The molecule has 1 heterocycles. The van der Waals surface area contributed by atoms with Crippen LogP contribution in [0.1, 0.15) is 27.3 Å². The van der Waals surface area contributed by atoms with Gasteiger partial charge in [-0.05, 0) is 31.4 Å². The molecular weight excluding hydrogens is 368 g/mol. The fourth-order valence-corrected chi connectivity index (χ4v) is 3.69. The van der Waals surface area contributed by atoms with Gasteiger partial charge in [0.25, 0.3) is 5.91 Å². The van der Waals surface area contributed by atoms with Gasteiger partial charge in [-0.2, -0.15) is 0 Å². The lowest BCUT2D eigenvalue weighted by molar-refractivity contribution is -0.385. The quantitative estimate of drug-likeness (QED) is 0.617. The molecule has 0 unspecified atom stereocenters. The maximum atomic E-state index is 12.3. The van der Waals surface area contributed by atoms with Crippen LogP contribution in [0, 0.1) is 10.1 Å². The molecule has 25 heavy (non-hydrogen) atoms. The number of carbonyl (C=O) groups is 1. The minimum atomic E-state index is -0.584. The van der Waals surface area contributed by atoms with Crippen molar-refractivity contribution in [1.29, 1.82) is 0 Å². The summed E-state index contributed by atoms with van der Waals surface area (Å²) in [5.74, 6) is -0.341. The van der Waals surface area contributed by atoms with Gasteiger partial charge in [0.05, 0.1) is 17.7 Å². The number of anilines is 1. The third kappa shape index (κ3) is 4.06. The van der Waals surface area contributed by atoms with Crippen LogP contribution >= 0.6 is 23.7 Å². The summed E-state index contributed by atoms with van der Waals surface area (Å²) in [6.45, 7) is 0. The van der Waals surface area contributed by atoms with E-state index in [9.17, 15) is 14.9 Å². The van der Waals surface area contributed by atoms with Gasteiger partial charge in [-0.25, -0.2) is 4.98 Å². The predicted octanol–water partition coefficient (Wildman–Crippen LogP) is 2.55. The Morgan fingerprint density at radius 3 is 2.96 bits per heavy atom. The number of nitrogens with two attached hydrogens (primary N) is 1. The van der Waals surface area contributed by atoms with Crippen LogP contribution in [0.5, 0.6) is 5.75 Å². The summed E-state index contributed by atoms with van der Waals surface area (Å²) in [6, 6.07) is 4.20. The van der Waals surface area contributed by atoms with E-state index in [0.717, 1.165) is 29.8 Å². The van der Waals surface area contributed by atoms with Crippen molar-refractivity contribution in [3.05, 3.63) is 44.4 Å². The van der Waals surface area contributed by atoms with Gasteiger partial charge >= 0.3 is 5.69 Å². The zero-order valence-electron chi connectivity index (χ0n) is 13.4. The fraction of sp³-hybridized carbons (Fsp3) is 0.333. The molecular formula is C15H17ClN4O4S. The minimum Gasteiger partial charge on any atom is -0.490 e. The Morgan fingerprint density at radius 1 is 1.52 bits per heavy atom. The van der Waals surface area contributed by atoms with Crippen LogP contribution in [0.4, 0.5) is 10.8 Å². The number of nitrogens with one attached hydrogen (secondary N) is 1. The second-order valence-electron chi connectivity index (χ2n) is 5.49. The maximum Gasteiger partial charge on any atom is 0.311 e. The number of hydrogen-bond donors (Lipinski definition) is 2. The van der Waals surface area contributed by atoms with E-state index in [1.54, 1.807) is 0 Å². The van der Waals surface area contributed by atoms with Crippen LogP contribution in [0.2, 0.25) is 0 Å². The number of carbonyl (C=O) groups excluding carboxylic acids is 1. The number of rotatable bonds is 4. The number of aromatic nitrogens is 1. The lowest BCUT2D eigenvalue weighted by Crippen LogP contribution is -2.27. The summed E-state index contributed by atoms with van der Waals surface area (Å²) >= 11 is 1.40. The molecule has 0 fully saturated rings. The first kappa shape index (κ1) is 19.1. The predicted molar refractivity (Wildman–Crippen MR) is 97.0 cm³/mol. The van der Waals surface area contributed by atoms with Crippen LogP contribution in [0.15, 0.2) is 18.2 Å². The van der Waals surface area contributed by atoms with Crippen LogP contribution in [-0.2, 0) is 12.8 Å². The van der Waals surface area contributed by atoms with E-state index >= 15 is 0 Å². The van der Waals surface area contributed by atoms with Crippen molar-refractivity contribution in [2.24, 2.45) is 5.73 Å². The summed E-state index contributed by atoms with van der Waals surface area (Å²) in [5.41, 5.74) is 6.83. The molecule has 1 amide bonds. The molecule has 1 aromatic heterocycles. The number of aryl methyl sites for hydroxylation is 1. The molecule has 1 atom stereocenters. The third-order valence-electron chi connectivity index (χ3n) is 3.84. The van der Waals surface area contributed by atoms with Crippen molar-refractivity contribution >= 4 is 40.5 Å². The van der Waals surface area contributed by atoms with Crippen molar-refractivity contribution < 1.29 is 14.5 Å². The molecule has 0 saturated heterocycles. The highest BCUT2D eigenvalue weighted by Crippen LogP contribution is 2.31. The zero-order chi connectivity index (χ0) is 17.3. The number of nitrogens with zero attached hydrogens (tertiary/aromatic N) is 2. The molecule has 0 radical (unpaired) electrons. The highest BCUT2D eigenvalue weighted by molar-refractivity contribution is 7.15. The lowest BCUT2D eigenvalue weighted by atomic mass is 9.99. The van der Waals surface area contributed by atoms with E-state index in [-0.39, 0.29) is 35.4 Å². The number of hydrogen-bond acceptors (Lipinski definition) is 7. The smallest absolute Gasteiger partial charge is 0.311 e. The highest BCUT2D eigenvalue weighted by Gasteiger charge is 2.22. The standard InChI is InChI=1S/C15H16N4O4S.ClH/c1-23-12-5-2-8(6-11(12)19(21)22)14(20)18-15-17-10-4-3-9(16)7-13(10)24-15;/h2,5-6,9H,3-4,7,16H2,1H3,(H,17,18,20);1H/t9-;/m0./s1. The molecule has 1 aliphatic carbocycles. The molecule has 0 bridgehead atoms. The number of amides is 1. The van der Waals surface area contributed by atoms with E-state index in [4.69, 9.17) is 10.5 Å². The first-order valence-electron chi connectivity index (χ1n) is 7.36. The molecule has 3 rings (SSSR count). The SMILES string of the molecule is COc1ccc(C(=O)Nc2nc3c(s2)C[C@@H](N)CC3)cc1[N+](=O)[O-].Cl. The Bertz CT molecular complexity index is 811. The number of thiazole rings is 1. The van der Waals surface area contributed by atoms with Crippen molar-refractivity contribution in [2.75, 3.05) is 12.4 Å². The van der Waals surface area contributed by atoms with Gasteiger partial charge in [-0.1, -0.05) is 0 Å². The van der Waals surface area contributed by atoms with Crippen molar-refractivity contribution in [3.8, 4) is 5.75 Å². The first-order chi connectivity index (χ1) is 11.5. The largest absolute Gasteiger partial charge is 0.490 e. The summed E-state index contributed by atoms with van der Waals surface area (Å²) < 4.78 is 4.93. The Kier molecular flexibility index (Phi) is 5.93. The highest BCUT2D eigenvalue weighted by atomic mass is 35.5. The van der Waals surface area contributed by atoms with Gasteiger partial charge in [0, 0.05) is 22.5 Å². The number of ether oxygens (including phenoxy) is 1. The van der Waals surface area contributed by atoms with Crippen LogP contribution in [-0.4, -0.2) is 29.0 Å². The number of methoxy groups -OCH3 is 1. The van der Waals surface area contributed by atoms with E-state index in [1.165, 1.54) is 36.6 Å². The molecule has 0 saturated carbocycles. The van der Waals surface area contributed by atoms with E-state index in [0.29, 0.717) is 5.13 Å². The van der Waals surface area contributed by atoms with Gasteiger partial charge in [0.1, 0.15) is 0 Å². The Balaban J connectivity index is 0.00000225. The Hall–Kier alpha value is -2.23. The Morgan fingerprint density at radius 2 is 2.28 bits per heavy atom. The van der Waals surface area contributed by atoms with E-state index in [1.807, 2.05) is 0 Å². The third-order valence-corrected chi connectivity index (χ3v) is 4.87. The molecule has 10 heteroatoms. The summed E-state index contributed by atoms with van der Waals surface area (Å²) in [7, 11) is 1.34. The molecule has 134 valence electrons. The topological polar surface area (TPSA) is 120 Å². The summed E-state index contributed by atoms with van der Waals surface area (Å²) in [4.78, 5) is 28.3. The monoisotopic (exact) mass is 384 g/mol. The second kappa shape index (κ2) is 7.77. The Labute approximate surface area is 154 Å². The molecule has 1 aliphatic rings.